The van der Waals surface area contributed by atoms with Gasteiger partial charge in [-0.3, -0.25) is 9.36 Å². The van der Waals surface area contributed by atoms with E-state index in [1.54, 1.807) is 4.68 Å². The lowest BCUT2D eigenvalue weighted by molar-refractivity contribution is 0.0909. The number of aliphatic hydroxyl groups is 1. The van der Waals surface area contributed by atoms with Crippen LogP contribution in [0.2, 0.25) is 0 Å². The SMILES string of the molecule is CC(C)c1ccccc1OC[C@@H](O)Cn1cnc2c(cnn2-c2ccccc2)c1=O. The molecule has 4 aromatic rings. The fourth-order valence-corrected chi connectivity index (χ4v) is 3.39. The molecule has 0 aliphatic heterocycles. The first-order valence-electron chi connectivity index (χ1n) is 9.93. The lowest BCUT2D eigenvalue weighted by Gasteiger charge is -2.17. The van der Waals surface area contributed by atoms with Gasteiger partial charge < -0.3 is 9.84 Å². The fraction of sp³-hybridized carbons (Fsp3) is 0.261. The first-order valence-corrected chi connectivity index (χ1v) is 9.93. The van der Waals surface area contributed by atoms with Gasteiger partial charge in [-0.25, -0.2) is 9.67 Å². The zero-order valence-corrected chi connectivity index (χ0v) is 17.0. The summed E-state index contributed by atoms with van der Waals surface area (Å²) in [6.07, 6.45) is 2.10. The van der Waals surface area contributed by atoms with Crippen LogP contribution in [0.3, 0.4) is 0 Å². The van der Waals surface area contributed by atoms with E-state index in [0.717, 1.165) is 17.0 Å². The van der Waals surface area contributed by atoms with Crippen molar-refractivity contribution in [3.63, 3.8) is 0 Å². The van der Waals surface area contributed by atoms with Crippen LogP contribution in [-0.2, 0) is 6.54 Å². The Labute approximate surface area is 174 Å². The van der Waals surface area contributed by atoms with Crippen LogP contribution in [-0.4, -0.2) is 37.1 Å². The molecule has 4 rings (SSSR count). The third-order valence-corrected chi connectivity index (χ3v) is 4.93. The Morgan fingerprint density at radius 1 is 1.07 bits per heavy atom. The van der Waals surface area contributed by atoms with Gasteiger partial charge in [-0.1, -0.05) is 50.2 Å². The summed E-state index contributed by atoms with van der Waals surface area (Å²) < 4.78 is 8.84. The van der Waals surface area contributed by atoms with Gasteiger partial charge in [-0.2, -0.15) is 5.10 Å². The molecule has 30 heavy (non-hydrogen) atoms. The number of fused-ring (bicyclic) bond motifs is 1. The van der Waals surface area contributed by atoms with Crippen molar-refractivity contribution in [3.05, 3.63) is 83.0 Å². The molecule has 2 aromatic carbocycles. The number of benzene rings is 2. The topological polar surface area (TPSA) is 82.2 Å². The number of aliphatic hydroxyl groups excluding tert-OH is 1. The Hall–Kier alpha value is -3.45. The molecule has 0 saturated carbocycles. The van der Waals surface area contributed by atoms with Crippen molar-refractivity contribution in [2.24, 2.45) is 0 Å². The molecule has 1 N–H and O–H groups in total. The van der Waals surface area contributed by atoms with Crippen LogP contribution >= 0.6 is 0 Å². The molecule has 7 heteroatoms. The van der Waals surface area contributed by atoms with Crippen LogP contribution in [0.15, 0.2) is 71.9 Å². The molecule has 2 aromatic heterocycles. The molecule has 1 atom stereocenters. The van der Waals surface area contributed by atoms with Gasteiger partial charge >= 0.3 is 0 Å². The van der Waals surface area contributed by atoms with Gasteiger partial charge in [-0.15, -0.1) is 0 Å². The smallest absolute Gasteiger partial charge is 0.264 e. The molecule has 0 spiro atoms. The van der Waals surface area contributed by atoms with E-state index in [0.29, 0.717) is 17.0 Å². The molecule has 0 fully saturated rings. The number of hydrogen-bond acceptors (Lipinski definition) is 5. The molecule has 0 unspecified atom stereocenters. The Kier molecular flexibility index (Phi) is 5.63. The maximum absolute atomic E-state index is 12.8. The highest BCUT2D eigenvalue weighted by Crippen LogP contribution is 2.25. The highest BCUT2D eigenvalue weighted by atomic mass is 16.5. The van der Waals surface area contributed by atoms with E-state index in [4.69, 9.17) is 4.74 Å². The summed E-state index contributed by atoms with van der Waals surface area (Å²) in [6, 6.07) is 17.3. The minimum atomic E-state index is -0.855. The van der Waals surface area contributed by atoms with Gasteiger partial charge in [0.15, 0.2) is 5.65 Å². The van der Waals surface area contributed by atoms with Crippen molar-refractivity contribution in [1.29, 1.82) is 0 Å². The van der Waals surface area contributed by atoms with E-state index in [-0.39, 0.29) is 18.7 Å². The number of ether oxygens (including phenoxy) is 1. The van der Waals surface area contributed by atoms with Gasteiger partial charge in [0.2, 0.25) is 0 Å². The highest BCUT2D eigenvalue weighted by Gasteiger charge is 2.15. The summed E-state index contributed by atoms with van der Waals surface area (Å²) in [5, 5.41) is 15.1. The third-order valence-electron chi connectivity index (χ3n) is 4.93. The number of hydrogen-bond donors (Lipinski definition) is 1. The van der Waals surface area contributed by atoms with Crippen molar-refractivity contribution < 1.29 is 9.84 Å². The summed E-state index contributed by atoms with van der Waals surface area (Å²) in [4.78, 5) is 17.2. The molecule has 154 valence electrons. The second-order valence-corrected chi connectivity index (χ2v) is 7.49. The van der Waals surface area contributed by atoms with E-state index in [1.165, 1.54) is 17.1 Å². The normalized spacial score (nSPS) is 12.4. The van der Waals surface area contributed by atoms with E-state index in [1.807, 2.05) is 54.6 Å². The molecule has 0 aliphatic carbocycles. The monoisotopic (exact) mass is 404 g/mol. The van der Waals surface area contributed by atoms with Crippen molar-refractivity contribution >= 4 is 11.0 Å². The van der Waals surface area contributed by atoms with Crippen molar-refractivity contribution in [1.82, 2.24) is 19.3 Å². The summed E-state index contributed by atoms with van der Waals surface area (Å²) >= 11 is 0. The lowest BCUT2D eigenvalue weighted by atomic mass is 10.0. The van der Waals surface area contributed by atoms with Crippen LogP contribution in [0.4, 0.5) is 0 Å². The molecular formula is C23H24N4O3. The second-order valence-electron chi connectivity index (χ2n) is 7.49. The molecule has 0 bridgehead atoms. The summed E-state index contributed by atoms with van der Waals surface area (Å²) in [5.41, 5.74) is 2.15. The number of rotatable bonds is 7. The Morgan fingerprint density at radius 2 is 1.80 bits per heavy atom. The summed E-state index contributed by atoms with van der Waals surface area (Å²) in [6.45, 7) is 4.35. The first kappa shape index (κ1) is 19.8. The zero-order valence-electron chi connectivity index (χ0n) is 17.0. The largest absolute Gasteiger partial charge is 0.491 e. The number of para-hydroxylation sites is 2. The molecule has 0 aliphatic rings. The minimum absolute atomic E-state index is 0.0808. The average molecular weight is 404 g/mol. The van der Waals surface area contributed by atoms with Gasteiger partial charge in [-0.05, 0) is 29.7 Å². The van der Waals surface area contributed by atoms with Crippen LogP contribution < -0.4 is 10.3 Å². The van der Waals surface area contributed by atoms with Crippen molar-refractivity contribution in [2.75, 3.05) is 6.61 Å². The maximum atomic E-state index is 12.8. The van der Waals surface area contributed by atoms with Crippen molar-refractivity contribution in [3.8, 4) is 11.4 Å². The molecule has 0 saturated heterocycles. The Bertz CT molecular complexity index is 1200. The van der Waals surface area contributed by atoms with Crippen LogP contribution in [0.5, 0.6) is 5.75 Å². The fourth-order valence-electron chi connectivity index (χ4n) is 3.39. The highest BCUT2D eigenvalue weighted by molar-refractivity contribution is 5.74. The number of aromatic nitrogens is 4. The first-order chi connectivity index (χ1) is 14.5. The van der Waals surface area contributed by atoms with E-state index in [2.05, 4.69) is 23.9 Å². The molecule has 0 amide bonds. The Morgan fingerprint density at radius 3 is 2.57 bits per heavy atom. The molecule has 7 nitrogen and oxygen atoms in total. The predicted octanol–water partition coefficient (Wildman–Crippen LogP) is 3.15. The average Bonchev–Trinajstić information content (AvgIpc) is 3.20. The summed E-state index contributed by atoms with van der Waals surface area (Å²) in [7, 11) is 0. The lowest BCUT2D eigenvalue weighted by Crippen LogP contribution is -2.30. The summed E-state index contributed by atoms with van der Waals surface area (Å²) in [5.74, 6) is 1.06. The van der Waals surface area contributed by atoms with Gasteiger partial charge in [0, 0.05) is 0 Å². The van der Waals surface area contributed by atoms with Crippen LogP contribution in [0, 0.1) is 0 Å². The third kappa shape index (κ3) is 3.97. The predicted molar refractivity (Wildman–Crippen MR) is 115 cm³/mol. The van der Waals surface area contributed by atoms with Gasteiger partial charge in [0.05, 0.1) is 18.4 Å². The van der Waals surface area contributed by atoms with Gasteiger partial charge in [0.1, 0.15) is 30.2 Å². The minimum Gasteiger partial charge on any atom is -0.491 e. The zero-order chi connectivity index (χ0) is 21.1. The Balaban J connectivity index is 1.50. The van der Waals surface area contributed by atoms with Crippen molar-refractivity contribution in [2.45, 2.75) is 32.4 Å². The van der Waals surface area contributed by atoms with Crippen LogP contribution in [0.1, 0.15) is 25.3 Å². The van der Waals surface area contributed by atoms with Crippen LogP contribution in [0.25, 0.3) is 16.7 Å². The molecular weight excluding hydrogens is 380 g/mol. The number of nitrogens with zero attached hydrogens (tertiary/aromatic N) is 4. The van der Waals surface area contributed by atoms with E-state index in [9.17, 15) is 9.90 Å². The standard InChI is InChI=1S/C23H24N4O3/c1-16(2)19-10-6-7-11-21(19)30-14-18(28)13-26-15-24-22-20(23(26)29)12-25-27(22)17-8-4-3-5-9-17/h3-12,15-16,18,28H,13-14H2,1-2H3/t18-/m0/s1. The van der Waals surface area contributed by atoms with E-state index >= 15 is 0 Å². The second kappa shape index (κ2) is 8.51. The quantitative estimate of drug-likeness (QED) is 0.512. The maximum Gasteiger partial charge on any atom is 0.264 e. The van der Waals surface area contributed by atoms with E-state index < -0.39 is 6.10 Å². The molecule has 0 radical (unpaired) electrons. The molecule has 2 heterocycles. The van der Waals surface area contributed by atoms with Gasteiger partial charge in [0.25, 0.3) is 5.56 Å².